The van der Waals surface area contributed by atoms with Gasteiger partial charge in [0.2, 0.25) is 11.8 Å². The van der Waals surface area contributed by atoms with Gasteiger partial charge in [0.25, 0.3) is 0 Å². The fourth-order valence-electron chi connectivity index (χ4n) is 5.51. The van der Waals surface area contributed by atoms with Gasteiger partial charge in [0.15, 0.2) is 0 Å². The molecule has 0 unspecified atom stereocenters. The third-order valence-corrected chi connectivity index (χ3v) is 7.58. The second-order valence-electron chi connectivity index (χ2n) is 11.7. The largest absolute Gasteiger partial charge is 0.497 e. The molecular formula is C32H39N5O5. The first-order chi connectivity index (χ1) is 20.1. The average molecular weight is 574 g/mol. The first-order valence-electron chi connectivity index (χ1n) is 14.4. The minimum absolute atomic E-state index is 0.284. The fourth-order valence-corrected chi connectivity index (χ4v) is 5.51. The third kappa shape index (κ3) is 6.53. The molecule has 1 aliphatic heterocycles. The van der Waals surface area contributed by atoms with Crippen molar-refractivity contribution in [2.24, 2.45) is 0 Å². The monoisotopic (exact) mass is 573 g/mol. The van der Waals surface area contributed by atoms with E-state index in [9.17, 15) is 14.4 Å². The van der Waals surface area contributed by atoms with E-state index in [1.807, 2.05) is 54.9 Å². The summed E-state index contributed by atoms with van der Waals surface area (Å²) in [6.07, 6.45) is 5.38. The molecule has 0 radical (unpaired) electrons. The fraction of sp³-hybridized carbons (Fsp3) is 0.406. The molecule has 4 aromatic rings. The second-order valence-corrected chi connectivity index (χ2v) is 11.7. The average Bonchev–Trinajstić information content (AvgIpc) is 3.70. The summed E-state index contributed by atoms with van der Waals surface area (Å²) < 4.78 is 10.9. The number of amides is 3. The van der Waals surface area contributed by atoms with Crippen LogP contribution >= 0.6 is 0 Å². The van der Waals surface area contributed by atoms with Crippen LogP contribution in [0.2, 0.25) is 0 Å². The summed E-state index contributed by atoms with van der Waals surface area (Å²) in [4.78, 5) is 47.9. The molecule has 1 fully saturated rings. The lowest BCUT2D eigenvalue weighted by molar-refractivity contribution is -0.131. The highest BCUT2D eigenvalue weighted by Gasteiger charge is 2.38. The van der Waals surface area contributed by atoms with Crippen LogP contribution in [0.3, 0.4) is 0 Å². The number of nitrogens with zero attached hydrogens (tertiary/aromatic N) is 1. The van der Waals surface area contributed by atoms with Crippen LogP contribution in [0.4, 0.5) is 4.79 Å². The van der Waals surface area contributed by atoms with Crippen LogP contribution in [0.5, 0.6) is 5.75 Å². The number of fused-ring (bicyclic) bond motifs is 2. The second kappa shape index (κ2) is 12.2. The molecule has 2 aromatic heterocycles. The van der Waals surface area contributed by atoms with E-state index in [2.05, 4.69) is 20.6 Å². The zero-order valence-electron chi connectivity index (χ0n) is 24.6. The Balaban J connectivity index is 1.30. The third-order valence-electron chi connectivity index (χ3n) is 7.58. The Hall–Kier alpha value is -4.47. The lowest BCUT2D eigenvalue weighted by Crippen LogP contribution is -2.54. The first-order valence-corrected chi connectivity index (χ1v) is 14.4. The van der Waals surface area contributed by atoms with Gasteiger partial charge in [0.1, 0.15) is 23.4 Å². The van der Waals surface area contributed by atoms with Crippen molar-refractivity contribution in [1.29, 1.82) is 0 Å². The molecule has 0 aliphatic carbocycles. The number of carbonyl (C=O) groups excluding carboxylic acids is 3. The number of methoxy groups -OCH3 is 1. The van der Waals surface area contributed by atoms with Crippen molar-refractivity contribution >= 4 is 39.7 Å². The number of benzene rings is 2. The molecule has 1 aliphatic rings. The van der Waals surface area contributed by atoms with E-state index in [-0.39, 0.29) is 11.8 Å². The van der Waals surface area contributed by atoms with Crippen LogP contribution in [0.25, 0.3) is 21.8 Å². The number of rotatable bonds is 9. The number of aromatic nitrogens is 2. The van der Waals surface area contributed by atoms with Crippen LogP contribution in [0, 0.1) is 0 Å². The van der Waals surface area contributed by atoms with E-state index < -0.39 is 23.8 Å². The van der Waals surface area contributed by atoms with Crippen molar-refractivity contribution < 1.29 is 23.9 Å². The number of aromatic amines is 2. The molecule has 2 atom stereocenters. The van der Waals surface area contributed by atoms with Gasteiger partial charge in [0.05, 0.1) is 7.11 Å². The number of carbonyl (C=O) groups is 3. The molecule has 10 nitrogen and oxygen atoms in total. The van der Waals surface area contributed by atoms with E-state index >= 15 is 0 Å². The Morgan fingerprint density at radius 3 is 2.52 bits per heavy atom. The van der Waals surface area contributed by atoms with Crippen LogP contribution in [0.15, 0.2) is 54.9 Å². The van der Waals surface area contributed by atoms with Gasteiger partial charge in [-0.2, -0.15) is 0 Å². The van der Waals surface area contributed by atoms with Gasteiger partial charge in [0, 0.05) is 53.7 Å². The van der Waals surface area contributed by atoms with Crippen molar-refractivity contribution in [2.75, 3.05) is 20.2 Å². The minimum Gasteiger partial charge on any atom is -0.497 e. The van der Waals surface area contributed by atoms with Crippen LogP contribution in [-0.2, 0) is 27.2 Å². The van der Waals surface area contributed by atoms with Gasteiger partial charge in [-0.15, -0.1) is 0 Å². The molecule has 3 amide bonds. The van der Waals surface area contributed by atoms with Gasteiger partial charge >= 0.3 is 6.09 Å². The summed E-state index contributed by atoms with van der Waals surface area (Å²) >= 11 is 0. The van der Waals surface area contributed by atoms with Crippen LogP contribution < -0.4 is 15.4 Å². The summed E-state index contributed by atoms with van der Waals surface area (Å²) in [5, 5.41) is 8.01. The normalized spacial score (nSPS) is 16.0. The van der Waals surface area contributed by atoms with E-state index in [0.29, 0.717) is 38.8 Å². The van der Waals surface area contributed by atoms with Gasteiger partial charge < -0.3 is 30.1 Å². The zero-order chi connectivity index (χ0) is 29.9. The molecule has 42 heavy (non-hydrogen) atoms. The number of hydrogen-bond donors (Lipinski definition) is 4. The van der Waals surface area contributed by atoms with Crippen LogP contribution in [-0.4, -0.2) is 70.7 Å². The van der Waals surface area contributed by atoms with E-state index in [1.54, 1.807) is 27.9 Å². The maximum absolute atomic E-state index is 13.6. The van der Waals surface area contributed by atoms with Gasteiger partial charge in [-0.1, -0.05) is 18.2 Å². The molecule has 5 rings (SSSR count). The molecule has 1 saturated heterocycles. The summed E-state index contributed by atoms with van der Waals surface area (Å²) in [5.74, 6) is 0.121. The zero-order valence-corrected chi connectivity index (χ0v) is 24.6. The Labute approximate surface area is 245 Å². The van der Waals surface area contributed by atoms with E-state index in [0.717, 1.165) is 38.7 Å². The minimum atomic E-state index is -0.833. The SMILES string of the molecule is COc1ccc2[nH]cc(CCNC(=O)[C@H](Cc3c[nH]c4ccccc34)NC(=O)[C@@H]3CCCN3C(=O)OC(C)(C)C)c2c1. The Bertz CT molecular complexity index is 1580. The maximum atomic E-state index is 13.6. The topological polar surface area (TPSA) is 129 Å². The van der Waals surface area contributed by atoms with Crippen LogP contribution in [0.1, 0.15) is 44.7 Å². The Morgan fingerprint density at radius 2 is 1.76 bits per heavy atom. The predicted molar refractivity (Wildman–Crippen MR) is 161 cm³/mol. The van der Waals surface area contributed by atoms with Crippen molar-refractivity contribution in [2.45, 2.75) is 64.1 Å². The maximum Gasteiger partial charge on any atom is 0.410 e. The molecule has 0 spiro atoms. The molecule has 2 aromatic carbocycles. The number of likely N-dealkylation sites (tertiary alicyclic amines) is 1. The highest BCUT2D eigenvalue weighted by atomic mass is 16.6. The molecule has 10 heteroatoms. The summed E-state index contributed by atoms with van der Waals surface area (Å²) in [5.41, 5.74) is 3.26. The number of nitrogens with one attached hydrogen (secondary N) is 4. The highest BCUT2D eigenvalue weighted by molar-refractivity contribution is 5.93. The van der Waals surface area contributed by atoms with Gasteiger partial charge in [-0.05, 0) is 75.4 Å². The number of para-hydroxylation sites is 1. The van der Waals surface area contributed by atoms with E-state index in [4.69, 9.17) is 9.47 Å². The van der Waals surface area contributed by atoms with E-state index in [1.165, 1.54) is 4.90 Å². The smallest absolute Gasteiger partial charge is 0.410 e. The molecule has 0 bridgehead atoms. The lowest BCUT2D eigenvalue weighted by Gasteiger charge is -2.29. The quantitative estimate of drug-likeness (QED) is 0.235. The molecular weight excluding hydrogens is 534 g/mol. The molecule has 4 N–H and O–H groups in total. The van der Waals surface area contributed by atoms with Gasteiger partial charge in [-0.25, -0.2) is 4.79 Å². The summed E-state index contributed by atoms with van der Waals surface area (Å²) in [6, 6.07) is 12.2. The van der Waals surface area contributed by atoms with Crippen molar-refractivity contribution in [1.82, 2.24) is 25.5 Å². The number of ether oxygens (including phenoxy) is 2. The molecule has 0 saturated carbocycles. The predicted octanol–water partition coefficient (Wildman–Crippen LogP) is 4.44. The lowest BCUT2D eigenvalue weighted by atomic mass is 10.0. The molecule has 3 heterocycles. The number of H-pyrrole nitrogens is 2. The summed E-state index contributed by atoms with van der Waals surface area (Å²) in [6.45, 7) is 6.21. The van der Waals surface area contributed by atoms with Gasteiger partial charge in [-0.3, -0.25) is 14.5 Å². The first kappa shape index (κ1) is 29.0. The standard InChI is InChI=1S/C32H39N5O5/c1-32(2,3)42-31(40)37-15-7-10-28(37)30(39)36-27(16-21-19-35-25-9-6-5-8-23(21)25)29(38)33-14-13-20-18-34-26-12-11-22(41-4)17-24(20)26/h5-6,8-9,11-12,17-19,27-28,34-35H,7,10,13-16H2,1-4H3,(H,33,38)(H,36,39)/t27-,28-/m0/s1. The number of hydrogen-bond acceptors (Lipinski definition) is 5. The Kier molecular flexibility index (Phi) is 8.42. The summed E-state index contributed by atoms with van der Waals surface area (Å²) in [7, 11) is 1.63. The van der Waals surface area contributed by atoms with Crippen molar-refractivity contribution in [3.05, 3.63) is 66.0 Å². The Morgan fingerprint density at radius 1 is 1.02 bits per heavy atom. The highest BCUT2D eigenvalue weighted by Crippen LogP contribution is 2.25. The van der Waals surface area contributed by atoms with Crippen molar-refractivity contribution in [3.8, 4) is 5.75 Å². The molecule has 222 valence electrons. The van der Waals surface area contributed by atoms with Crippen molar-refractivity contribution in [3.63, 3.8) is 0 Å².